The molecule has 1 N–H and O–H groups in total. The molecule has 2 aromatic rings. The number of sulfonamides is 1. The molecule has 2 saturated heterocycles. The van der Waals surface area contributed by atoms with Crippen molar-refractivity contribution < 1.29 is 13.2 Å². The highest BCUT2D eigenvalue weighted by atomic mass is 32.2. The van der Waals surface area contributed by atoms with Gasteiger partial charge in [-0.15, -0.1) is 0 Å². The van der Waals surface area contributed by atoms with E-state index in [0.717, 1.165) is 78.2 Å². The number of pyridine rings is 1. The van der Waals surface area contributed by atoms with Gasteiger partial charge in [0.25, 0.3) is 0 Å². The number of aryl methyl sites for hydroxylation is 1. The average molecular weight is 441 g/mol. The third-order valence-corrected chi connectivity index (χ3v) is 9.14. The molecule has 0 bridgehead atoms. The minimum Gasteiger partial charge on any atom is -0.371 e. The number of amides is 1. The maximum absolute atomic E-state index is 12.4. The zero-order valence-electron chi connectivity index (χ0n) is 18.2. The fourth-order valence-electron chi connectivity index (χ4n) is 5.28. The van der Waals surface area contributed by atoms with Crippen molar-refractivity contribution in [1.29, 1.82) is 0 Å². The summed E-state index contributed by atoms with van der Waals surface area (Å²) in [7, 11) is -1.67. The van der Waals surface area contributed by atoms with E-state index >= 15 is 0 Å². The fraction of sp³-hybridized carbons (Fsp3) is 0.478. The molecular weight excluding hydrogens is 412 g/mol. The summed E-state index contributed by atoms with van der Waals surface area (Å²) >= 11 is 0. The van der Waals surface area contributed by atoms with Gasteiger partial charge < -0.3 is 10.2 Å². The minimum absolute atomic E-state index is 0.0294. The second-order valence-corrected chi connectivity index (χ2v) is 11.1. The Morgan fingerprint density at radius 1 is 1.13 bits per heavy atom. The lowest BCUT2D eigenvalue weighted by molar-refractivity contribution is -0.128. The molecular formula is C23H28N4O3S. The summed E-state index contributed by atoms with van der Waals surface area (Å²) in [6.45, 7) is 6.55. The minimum atomic E-state index is -3.28. The van der Waals surface area contributed by atoms with Gasteiger partial charge in [-0.1, -0.05) is 6.07 Å². The Bertz CT molecular complexity index is 1180. The van der Waals surface area contributed by atoms with Crippen LogP contribution >= 0.6 is 0 Å². The lowest BCUT2D eigenvalue weighted by Gasteiger charge is -2.40. The van der Waals surface area contributed by atoms with E-state index in [2.05, 4.69) is 22.1 Å². The molecule has 0 atom stereocenters. The van der Waals surface area contributed by atoms with E-state index in [1.165, 1.54) is 4.31 Å². The molecule has 4 heterocycles. The van der Waals surface area contributed by atoms with Gasteiger partial charge in [0.1, 0.15) is 0 Å². The molecule has 0 aliphatic carbocycles. The molecule has 2 fully saturated rings. The highest BCUT2D eigenvalue weighted by Gasteiger charge is 2.44. The third kappa shape index (κ3) is 3.11. The molecule has 3 aliphatic rings. The first kappa shape index (κ1) is 20.3. The summed E-state index contributed by atoms with van der Waals surface area (Å²) in [5.74, 6) is 0.237. The highest BCUT2D eigenvalue weighted by molar-refractivity contribution is 7.92. The summed E-state index contributed by atoms with van der Waals surface area (Å²) in [5, 5.41) is 3.01. The predicted octanol–water partition coefficient (Wildman–Crippen LogP) is 2.75. The van der Waals surface area contributed by atoms with Crippen LogP contribution in [0.15, 0.2) is 24.4 Å². The van der Waals surface area contributed by atoms with E-state index in [4.69, 9.17) is 0 Å². The monoisotopic (exact) mass is 440 g/mol. The Labute approximate surface area is 183 Å². The van der Waals surface area contributed by atoms with Gasteiger partial charge in [-0.25, -0.2) is 8.42 Å². The average Bonchev–Trinajstić information content (AvgIpc) is 3.20. The zero-order chi connectivity index (χ0) is 22.0. The Morgan fingerprint density at radius 2 is 1.87 bits per heavy atom. The number of nitrogens with zero attached hydrogens (tertiary/aromatic N) is 3. The summed E-state index contributed by atoms with van der Waals surface area (Å²) in [4.78, 5) is 19.4. The molecule has 0 radical (unpaired) electrons. The molecule has 3 aliphatic heterocycles. The number of anilines is 2. The van der Waals surface area contributed by atoms with Crippen LogP contribution in [-0.4, -0.2) is 46.0 Å². The predicted molar refractivity (Wildman–Crippen MR) is 122 cm³/mol. The molecule has 8 heteroatoms. The van der Waals surface area contributed by atoms with Crippen LogP contribution in [0.2, 0.25) is 0 Å². The number of hydrogen-bond donors (Lipinski definition) is 1. The molecule has 1 amide bonds. The molecule has 31 heavy (non-hydrogen) atoms. The van der Waals surface area contributed by atoms with Crippen molar-refractivity contribution >= 4 is 27.3 Å². The van der Waals surface area contributed by atoms with Gasteiger partial charge in [0.15, 0.2) is 0 Å². The quantitative estimate of drug-likeness (QED) is 0.777. The number of carbonyl (C=O) groups excluding carboxylic acids is 1. The standard InChI is InChI=1S/C23H28N4O3S/c1-15-16(2)25-13-19(17-4-5-20-18(12-17)14-31(29,30)26(20)3)21(15)27-10-7-23(8-11-27)6-9-24-22(23)28/h4-5,12-13H,6-11,14H2,1-3H3,(H,24,28). The first-order valence-electron chi connectivity index (χ1n) is 10.8. The smallest absolute Gasteiger partial charge is 0.239 e. The Balaban J connectivity index is 1.53. The van der Waals surface area contributed by atoms with Gasteiger partial charge in [0.05, 0.1) is 22.5 Å². The molecule has 1 aromatic heterocycles. The number of piperidine rings is 1. The van der Waals surface area contributed by atoms with Crippen molar-refractivity contribution in [2.75, 3.05) is 35.9 Å². The number of rotatable bonds is 2. The topological polar surface area (TPSA) is 82.6 Å². The summed E-state index contributed by atoms with van der Waals surface area (Å²) in [6, 6.07) is 5.87. The van der Waals surface area contributed by atoms with Crippen LogP contribution in [0.1, 0.15) is 36.1 Å². The van der Waals surface area contributed by atoms with Crippen molar-refractivity contribution in [3.8, 4) is 11.1 Å². The third-order valence-electron chi connectivity index (χ3n) is 7.43. The Hall–Kier alpha value is -2.61. The zero-order valence-corrected chi connectivity index (χ0v) is 19.1. The van der Waals surface area contributed by atoms with Crippen LogP contribution in [0.5, 0.6) is 0 Å². The summed E-state index contributed by atoms with van der Waals surface area (Å²) < 4.78 is 26.0. The number of fused-ring (bicyclic) bond motifs is 1. The van der Waals surface area contributed by atoms with Gasteiger partial charge in [-0.2, -0.15) is 0 Å². The Morgan fingerprint density at radius 3 is 2.55 bits per heavy atom. The number of benzene rings is 1. The lowest BCUT2D eigenvalue weighted by Crippen LogP contribution is -2.44. The molecule has 0 unspecified atom stereocenters. The Kier molecular flexibility index (Phi) is 4.55. The maximum Gasteiger partial charge on any atom is 0.239 e. The van der Waals surface area contributed by atoms with Gasteiger partial charge in [-0.05, 0) is 61.9 Å². The SMILES string of the molecule is Cc1ncc(-c2ccc3c(c2)CS(=O)(=O)N3C)c(N2CCC3(CCNC3=O)CC2)c1C. The summed E-state index contributed by atoms with van der Waals surface area (Å²) in [5.41, 5.74) is 6.63. The maximum atomic E-state index is 12.4. The molecule has 0 saturated carbocycles. The normalized spacial score (nSPS) is 21.5. The molecule has 1 spiro atoms. The molecule has 164 valence electrons. The van der Waals surface area contributed by atoms with Crippen LogP contribution in [0.3, 0.4) is 0 Å². The van der Waals surface area contributed by atoms with Gasteiger partial charge in [0.2, 0.25) is 15.9 Å². The van der Waals surface area contributed by atoms with Crippen molar-refractivity contribution in [1.82, 2.24) is 10.3 Å². The van der Waals surface area contributed by atoms with Crippen molar-refractivity contribution in [2.24, 2.45) is 5.41 Å². The van der Waals surface area contributed by atoms with E-state index in [1.54, 1.807) is 7.05 Å². The van der Waals surface area contributed by atoms with Crippen LogP contribution in [-0.2, 0) is 20.6 Å². The summed E-state index contributed by atoms with van der Waals surface area (Å²) in [6.07, 6.45) is 4.53. The number of nitrogens with one attached hydrogen (secondary N) is 1. The van der Waals surface area contributed by atoms with E-state index in [9.17, 15) is 13.2 Å². The van der Waals surface area contributed by atoms with E-state index in [1.807, 2.05) is 31.3 Å². The van der Waals surface area contributed by atoms with Crippen molar-refractivity contribution in [3.05, 3.63) is 41.2 Å². The van der Waals surface area contributed by atoms with E-state index in [-0.39, 0.29) is 17.1 Å². The van der Waals surface area contributed by atoms with Gasteiger partial charge >= 0.3 is 0 Å². The van der Waals surface area contributed by atoms with Crippen LogP contribution in [0, 0.1) is 19.3 Å². The van der Waals surface area contributed by atoms with Crippen molar-refractivity contribution in [2.45, 2.75) is 38.9 Å². The molecule has 7 nitrogen and oxygen atoms in total. The number of carbonyl (C=O) groups is 1. The van der Waals surface area contributed by atoms with Crippen molar-refractivity contribution in [3.63, 3.8) is 0 Å². The number of hydrogen-bond acceptors (Lipinski definition) is 5. The fourth-order valence-corrected chi connectivity index (χ4v) is 6.58. The highest BCUT2D eigenvalue weighted by Crippen LogP contribution is 2.43. The molecule has 1 aromatic carbocycles. The second kappa shape index (κ2) is 6.95. The van der Waals surface area contributed by atoms with Crippen LogP contribution in [0.25, 0.3) is 11.1 Å². The lowest BCUT2D eigenvalue weighted by atomic mass is 9.77. The van der Waals surface area contributed by atoms with Crippen LogP contribution < -0.4 is 14.5 Å². The van der Waals surface area contributed by atoms with Gasteiger partial charge in [0, 0.05) is 44.1 Å². The number of aromatic nitrogens is 1. The first-order chi connectivity index (χ1) is 14.7. The van der Waals surface area contributed by atoms with Crippen LogP contribution in [0.4, 0.5) is 11.4 Å². The second-order valence-electron chi connectivity index (χ2n) is 9.07. The van der Waals surface area contributed by atoms with Gasteiger partial charge in [-0.3, -0.25) is 14.1 Å². The largest absolute Gasteiger partial charge is 0.371 e. The molecule has 5 rings (SSSR count). The van der Waals surface area contributed by atoms with E-state index in [0.29, 0.717) is 0 Å². The first-order valence-corrected chi connectivity index (χ1v) is 12.4. The van der Waals surface area contributed by atoms with E-state index < -0.39 is 10.0 Å².